The minimum Gasteiger partial charge on any atom is -0.477 e. The molecule has 2 aliphatic rings. The smallest absolute Gasteiger partial charge is 0.195 e. The zero-order valence-electron chi connectivity index (χ0n) is 15.2. The van der Waals surface area contributed by atoms with Gasteiger partial charge < -0.3 is 10.1 Å². The number of rotatable bonds is 4. The van der Waals surface area contributed by atoms with Gasteiger partial charge in [-0.05, 0) is 35.8 Å². The van der Waals surface area contributed by atoms with Crippen LogP contribution in [0, 0.1) is 5.92 Å². The first-order chi connectivity index (χ1) is 12.7. The van der Waals surface area contributed by atoms with Gasteiger partial charge in [-0.3, -0.25) is 0 Å². The molecule has 0 bridgehead atoms. The Bertz CT molecular complexity index is 813. The van der Waals surface area contributed by atoms with Gasteiger partial charge in [-0.15, -0.1) is 0 Å². The molecule has 0 spiro atoms. The largest absolute Gasteiger partial charge is 0.477 e. The van der Waals surface area contributed by atoms with Gasteiger partial charge >= 0.3 is 0 Å². The van der Waals surface area contributed by atoms with Crippen LogP contribution in [0.5, 0.6) is 0 Å². The summed E-state index contributed by atoms with van der Waals surface area (Å²) in [5.41, 5.74) is 1.20. The van der Waals surface area contributed by atoms with E-state index >= 15 is 0 Å². The van der Waals surface area contributed by atoms with E-state index in [1.165, 1.54) is 21.5 Å². The van der Waals surface area contributed by atoms with Crippen molar-refractivity contribution in [1.29, 1.82) is 0 Å². The molecule has 0 saturated carbocycles. The molecule has 1 fully saturated rings. The van der Waals surface area contributed by atoms with Gasteiger partial charge in [0.1, 0.15) is 6.61 Å². The Morgan fingerprint density at radius 3 is 2.12 bits per heavy atom. The highest BCUT2D eigenvalue weighted by Crippen LogP contribution is 2.49. The molecule has 2 nitrogen and oxygen atoms in total. The standard InChI is InChI=1S/C23H24NOP/c1-17(2)21-16-25-23(24-21)20-14-9-15-22(20)26(18-10-5-3-6-11-18)19-12-7-4-8-13-19/h3-15,17,21,24H,16H2,1-2H3/b23-20+. The van der Waals surface area contributed by atoms with E-state index in [2.05, 4.69) is 98.1 Å². The summed E-state index contributed by atoms with van der Waals surface area (Å²) in [4.78, 5) is 0. The highest BCUT2D eigenvalue weighted by atomic mass is 31.1. The fourth-order valence-corrected chi connectivity index (χ4v) is 5.77. The Labute approximate surface area is 157 Å². The van der Waals surface area contributed by atoms with Gasteiger partial charge in [0.2, 0.25) is 0 Å². The summed E-state index contributed by atoms with van der Waals surface area (Å²) < 4.78 is 6.05. The van der Waals surface area contributed by atoms with Gasteiger partial charge in [-0.2, -0.15) is 0 Å². The quantitative estimate of drug-likeness (QED) is 0.814. The predicted octanol–water partition coefficient (Wildman–Crippen LogP) is 4.43. The van der Waals surface area contributed by atoms with E-state index in [0.29, 0.717) is 12.0 Å². The number of allylic oxidation sites excluding steroid dienone is 5. The Hall–Kier alpha value is -2.31. The molecule has 1 heterocycles. The first-order valence-electron chi connectivity index (χ1n) is 9.16. The van der Waals surface area contributed by atoms with Crippen LogP contribution in [0.3, 0.4) is 0 Å². The van der Waals surface area contributed by atoms with E-state index in [4.69, 9.17) is 4.74 Å². The molecule has 4 rings (SSSR count). The normalized spacial score (nSPS) is 21.8. The fraction of sp³-hybridized carbons (Fsp3) is 0.217. The van der Waals surface area contributed by atoms with Crippen LogP contribution >= 0.6 is 7.92 Å². The van der Waals surface area contributed by atoms with Gasteiger partial charge in [0, 0.05) is 5.57 Å². The molecule has 2 aromatic carbocycles. The maximum atomic E-state index is 6.05. The van der Waals surface area contributed by atoms with E-state index in [0.717, 1.165) is 12.5 Å². The zero-order chi connectivity index (χ0) is 17.9. The molecule has 1 atom stereocenters. The van der Waals surface area contributed by atoms with Crippen molar-refractivity contribution in [3.63, 3.8) is 0 Å². The molecular formula is C23H24NOP. The summed E-state index contributed by atoms with van der Waals surface area (Å²) in [6.45, 7) is 5.21. The van der Waals surface area contributed by atoms with Crippen LogP contribution in [0.1, 0.15) is 13.8 Å². The van der Waals surface area contributed by atoms with Gasteiger partial charge in [-0.1, -0.05) is 86.7 Å². The van der Waals surface area contributed by atoms with Crippen molar-refractivity contribution in [3.8, 4) is 0 Å². The maximum Gasteiger partial charge on any atom is 0.195 e. The van der Waals surface area contributed by atoms with E-state index in [1.54, 1.807) is 0 Å². The Morgan fingerprint density at radius 1 is 0.962 bits per heavy atom. The van der Waals surface area contributed by atoms with Crippen LogP contribution in [0.2, 0.25) is 0 Å². The van der Waals surface area contributed by atoms with Crippen LogP contribution in [0.15, 0.2) is 95.7 Å². The second-order valence-electron chi connectivity index (χ2n) is 6.97. The van der Waals surface area contributed by atoms with Gasteiger partial charge in [0.05, 0.1) is 6.04 Å². The van der Waals surface area contributed by atoms with Crippen molar-refractivity contribution in [2.24, 2.45) is 5.92 Å². The fourth-order valence-electron chi connectivity index (χ4n) is 3.32. The first kappa shape index (κ1) is 17.1. The molecule has 1 saturated heterocycles. The Morgan fingerprint density at radius 2 is 1.58 bits per heavy atom. The van der Waals surface area contributed by atoms with Crippen molar-refractivity contribution >= 4 is 18.5 Å². The molecule has 26 heavy (non-hydrogen) atoms. The zero-order valence-corrected chi connectivity index (χ0v) is 16.1. The van der Waals surface area contributed by atoms with Crippen molar-refractivity contribution in [1.82, 2.24) is 5.32 Å². The monoisotopic (exact) mass is 361 g/mol. The molecule has 1 N–H and O–H groups in total. The number of benzene rings is 2. The summed E-state index contributed by atoms with van der Waals surface area (Å²) in [6, 6.07) is 22.0. The van der Waals surface area contributed by atoms with Crippen LogP contribution in [0.25, 0.3) is 0 Å². The number of hydrogen-bond acceptors (Lipinski definition) is 2. The number of nitrogens with one attached hydrogen (secondary N) is 1. The summed E-state index contributed by atoms with van der Waals surface area (Å²) in [7, 11) is -0.616. The Balaban J connectivity index is 1.75. The molecule has 3 heteroatoms. The van der Waals surface area contributed by atoms with Crippen molar-refractivity contribution in [3.05, 3.63) is 95.7 Å². The lowest BCUT2D eigenvalue weighted by Crippen LogP contribution is -2.28. The maximum absolute atomic E-state index is 6.05. The van der Waals surface area contributed by atoms with E-state index in [-0.39, 0.29) is 0 Å². The summed E-state index contributed by atoms with van der Waals surface area (Å²) >= 11 is 0. The molecule has 1 aliphatic carbocycles. The van der Waals surface area contributed by atoms with E-state index in [9.17, 15) is 0 Å². The SMILES string of the molecule is CC(C)C1CO/C(=C2\C=CC=C2P(c2ccccc2)c2ccccc2)N1. The minimum absolute atomic E-state index is 0.382. The number of hydrogen-bond donors (Lipinski definition) is 1. The predicted molar refractivity (Wildman–Crippen MR) is 111 cm³/mol. The molecule has 1 aliphatic heterocycles. The van der Waals surface area contributed by atoms with Crippen LogP contribution in [0.4, 0.5) is 0 Å². The number of ether oxygens (including phenoxy) is 1. The molecule has 0 aromatic heterocycles. The third kappa shape index (κ3) is 3.34. The van der Waals surface area contributed by atoms with E-state index in [1.807, 2.05) is 0 Å². The van der Waals surface area contributed by atoms with Crippen molar-refractivity contribution in [2.75, 3.05) is 6.61 Å². The molecule has 0 amide bonds. The molecule has 132 valence electrons. The highest BCUT2D eigenvalue weighted by molar-refractivity contribution is 7.77. The Kier molecular flexibility index (Phi) is 4.95. The lowest BCUT2D eigenvalue weighted by Gasteiger charge is -2.22. The van der Waals surface area contributed by atoms with Gasteiger partial charge in [-0.25, -0.2) is 0 Å². The van der Waals surface area contributed by atoms with Crippen LogP contribution < -0.4 is 15.9 Å². The summed E-state index contributed by atoms with van der Waals surface area (Å²) in [6.07, 6.45) is 6.58. The van der Waals surface area contributed by atoms with Gasteiger partial charge in [0.15, 0.2) is 5.88 Å². The van der Waals surface area contributed by atoms with E-state index < -0.39 is 7.92 Å². The average Bonchev–Trinajstić information content (AvgIpc) is 3.33. The molecule has 0 radical (unpaired) electrons. The summed E-state index contributed by atoms with van der Waals surface area (Å²) in [5.74, 6) is 1.48. The highest BCUT2D eigenvalue weighted by Gasteiger charge is 2.30. The minimum atomic E-state index is -0.616. The lowest BCUT2D eigenvalue weighted by atomic mass is 10.1. The second-order valence-corrected chi connectivity index (χ2v) is 9.15. The average molecular weight is 361 g/mol. The third-order valence-corrected chi connectivity index (χ3v) is 7.34. The van der Waals surface area contributed by atoms with Gasteiger partial charge in [0.25, 0.3) is 0 Å². The second kappa shape index (κ2) is 7.51. The lowest BCUT2D eigenvalue weighted by molar-refractivity contribution is 0.242. The molecule has 2 aromatic rings. The third-order valence-electron chi connectivity index (χ3n) is 4.84. The summed E-state index contributed by atoms with van der Waals surface area (Å²) in [5, 5.41) is 7.67. The topological polar surface area (TPSA) is 21.3 Å². The van der Waals surface area contributed by atoms with Crippen LogP contribution in [-0.2, 0) is 4.74 Å². The first-order valence-corrected chi connectivity index (χ1v) is 10.5. The van der Waals surface area contributed by atoms with Crippen molar-refractivity contribution < 1.29 is 4.74 Å². The molecule has 1 unspecified atom stereocenters. The molecular weight excluding hydrogens is 337 g/mol. The van der Waals surface area contributed by atoms with Crippen LogP contribution in [-0.4, -0.2) is 12.6 Å². The van der Waals surface area contributed by atoms with Crippen molar-refractivity contribution in [2.45, 2.75) is 19.9 Å².